The van der Waals surface area contributed by atoms with Gasteiger partial charge < -0.3 is 5.11 Å². The molecular weight excluding hydrogens is 417 g/mol. The van der Waals surface area contributed by atoms with Crippen LogP contribution in [0, 0.1) is 19.7 Å². The number of carboxylic acids is 1. The number of rotatable bonds is 6. The molecule has 0 saturated heterocycles. The van der Waals surface area contributed by atoms with E-state index in [1.807, 2.05) is 23.8 Å². The van der Waals surface area contributed by atoms with Gasteiger partial charge in [0, 0.05) is 23.9 Å². The standard InChI is InChI=1S/C27H26FN3O2/c1-16-19(7-6-18-12-20-8-9-21(13-26(32)33)27(20)29-15-18)4-3-5-24(16)31-17(2)30-23-11-10-22(28)14-25(23)31/h3-5,10-12,14-15,21H,6-9,13H2,1-2H3,(H,32,33). The fourth-order valence-corrected chi connectivity index (χ4v) is 5.09. The number of pyridine rings is 1. The number of aryl methyl sites for hydroxylation is 4. The number of fused-ring (bicyclic) bond motifs is 2. The number of halogens is 1. The predicted octanol–water partition coefficient (Wildman–Crippen LogP) is 5.47. The number of benzene rings is 2. The number of hydrogen-bond donors (Lipinski definition) is 1. The van der Waals surface area contributed by atoms with Crippen molar-refractivity contribution in [3.8, 4) is 5.69 Å². The fourth-order valence-electron chi connectivity index (χ4n) is 5.09. The van der Waals surface area contributed by atoms with Crippen molar-refractivity contribution in [2.45, 2.75) is 51.9 Å². The summed E-state index contributed by atoms with van der Waals surface area (Å²) in [5, 5.41) is 9.12. The van der Waals surface area contributed by atoms with E-state index in [2.05, 4.69) is 35.1 Å². The number of imidazole rings is 1. The number of hydrogen-bond acceptors (Lipinski definition) is 3. The Bertz CT molecular complexity index is 1380. The molecule has 2 heterocycles. The van der Waals surface area contributed by atoms with Crippen LogP contribution in [-0.4, -0.2) is 25.6 Å². The van der Waals surface area contributed by atoms with Gasteiger partial charge in [-0.1, -0.05) is 18.2 Å². The molecule has 1 aliphatic rings. The topological polar surface area (TPSA) is 68.0 Å². The first-order valence-electron chi connectivity index (χ1n) is 11.3. The van der Waals surface area contributed by atoms with Crippen molar-refractivity contribution >= 4 is 17.0 Å². The van der Waals surface area contributed by atoms with Crippen LogP contribution >= 0.6 is 0 Å². The SMILES string of the molecule is Cc1c(CCc2cnc3c(c2)CCC3CC(=O)O)cccc1-n1c(C)nc2ccc(F)cc21. The Balaban J connectivity index is 1.40. The molecular formula is C27H26FN3O2. The van der Waals surface area contributed by atoms with Crippen LogP contribution in [0.3, 0.4) is 0 Å². The van der Waals surface area contributed by atoms with Crippen LogP contribution < -0.4 is 0 Å². The van der Waals surface area contributed by atoms with E-state index in [0.717, 1.165) is 59.5 Å². The number of carbonyl (C=O) groups is 1. The predicted molar refractivity (Wildman–Crippen MR) is 125 cm³/mol. The largest absolute Gasteiger partial charge is 0.481 e. The molecule has 33 heavy (non-hydrogen) atoms. The van der Waals surface area contributed by atoms with Crippen molar-refractivity contribution in [3.05, 3.63) is 88.3 Å². The minimum Gasteiger partial charge on any atom is -0.481 e. The zero-order valence-electron chi connectivity index (χ0n) is 18.8. The van der Waals surface area contributed by atoms with Gasteiger partial charge in [0.1, 0.15) is 11.6 Å². The van der Waals surface area contributed by atoms with Gasteiger partial charge in [-0.15, -0.1) is 0 Å². The average molecular weight is 444 g/mol. The summed E-state index contributed by atoms with van der Waals surface area (Å²) in [5.74, 6) is -0.178. The molecule has 1 atom stereocenters. The van der Waals surface area contributed by atoms with Crippen LogP contribution in [0.4, 0.5) is 4.39 Å². The molecule has 1 unspecified atom stereocenters. The van der Waals surface area contributed by atoms with Crippen molar-refractivity contribution in [3.63, 3.8) is 0 Å². The lowest BCUT2D eigenvalue weighted by Gasteiger charge is -2.15. The zero-order valence-corrected chi connectivity index (χ0v) is 18.8. The van der Waals surface area contributed by atoms with E-state index in [1.165, 1.54) is 28.8 Å². The highest BCUT2D eigenvalue weighted by Gasteiger charge is 2.26. The van der Waals surface area contributed by atoms with Gasteiger partial charge in [-0.2, -0.15) is 0 Å². The van der Waals surface area contributed by atoms with E-state index < -0.39 is 5.97 Å². The molecule has 5 nitrogen and oxygen atoms in total. The second-order valence-corrected chi connectivity index (χ2v) is 8.91. The van der Waals surface area contributed by atoms with Gasteiger partial charge >= 0.3 is 5.97 Å². The summed E-state index contributed by atoms with van der Waals surface area (Å²) in [5.41, 5.74) is 8.26. The third-order valence-electron chi connectivity index (χ3n) is 6.75. The number of aromatic nitrogens is 3. The van der Waals surface area contributed by atoms with Crippen molar-refractivity contribution in [1.82, 2.24) is 14.5 Å². The van der Waals surface area contributed by atoms with Gasteiger partial charge in [-0.05, 0) is 80.0 Å². The first kappa shape index (κ1) is 21.3. The summed E-state index contributed by atoms with van der Waals surface area (Å²) in [4.78, 5) is 20.3. The maximum atomic E-state index is 13.9. The van der Waals surface area contributed by atoms with Crippen LogP contribution in [0.5, 0.6) is 0 Å². The molecule has 0 bridgehead atoms. The lowest BCUT2D eigenvalue weighted by atomic mass is 9.98. The molecule has 0 amide bonds. The minimum atomic E-state index is -0.766. The molecule has 0 fully saturated rings. The fraction of sp³-hybridized carbons (Fsp3) is 0.296. The lowest BCUT2D eigenvalue weighted by Crippen LogP contribution is -2.05. The molecule has 2 aromatic carbocycles. The molecule has 5 rings (SSSR count). The summed E-state index contributed by atoms with van der Waals surface area (Å²) < 4.78 is 16.0. The monoisotopic (exact) mass is 443 g/mol. The van der Waals surface area contributed by atoms with Crippen LogP contribution in [0.15, 0.2) is 48.7 Å². The zero-order chi connectivity index (χ0) is 23.1. The molecule has 1 N–H and O–H groups in total. The molecule has 0 spiro atoms. The summed E-state index contributed by atoms with van der Waals surface area (Å²) >= 11 is 0. The summed E-state index contributed by atoms with van der Waals surface area (Å²) in [6.07, 6.45) is 5.52. The Kier molecular flexibility index (Phi) is 5.44. The molecule has 0 saturated carbocycles. The van der Waals surface area contributed by atoms with Gasteiger partial charge in [0.2, 0.25) is 0 Å². The minimum absolute atomic E-state index is 0.0311. The van der Waals surface area contributed by atoms with Crippen molar-refractivity contribution in [2.24, 2.45) is 0 Å². The molecule has 0 aliphatic heterocycles. The van der Waals surface area contributed by atoms with Crippen LogP contribution in [0.2, 0.25) is 0 Å². The lowest BCUT2D eigenvalue weighted by molar-refractivity contribution is -0.137. The Labute approximate surface area is 191 Å². The smallest absolute Gasteiger partial charge is 0.304 e. The van der Waals surface area contributed by atoms with E-state index in [1.54, 1.807) is 6.07 Å². The molecule has 6 heteroatoms. The van der Waals surface area contributed by atoms with Crippen molar-refractivity contribution < 1.29 is 14.3 Å². The van der Waals surface area contributed by atoms with Gasteiger partial charge in [-0.3, -0.25) is 14.3 Å². The molecule has 168 valence electrons. The maximum Gasteiger partial charge on any atom is 0.304 e. The second kappa shape index (κ2) is 8.43. The van der Waals surface area contributed by atoms with Gasteiger partial charge in [0.15, 0.2) is 0 Å². The number of nitrogens with zero attached hydrogens (tertiary/aromatic N) is 3. The normalized spacial score (nSPS) is 15.2. The summed E-state index contributed by atoms with van der Waals surface area (Å²) in [6.45, 7) is 4.05. The van der Waals surface area contributed by atoms with Gasteiger partial charge in [0.25, 0.3) is 0 Å². The Morgan fingerprint density at radius 1 is 1.18 bits per heavy atom. The van der Waals surface area contributed by atoms with E-state index >= 15 is 0 Å². The first-order chi connectivity index (χ1) is 15.9. The molecule has 4 aromatic rings. The quantitative estimate of drug-likeness (QED) is 0.429. The Morgan fingerprint density at radius 2 is 2.03 bits per heavy atom. The van der Waals surface area contributed by atoms with Crippen LogP contribution in [0.1, 0.15) is 52.5 Å². The highest BCUT2D eigenvalue weighted by molar-refractivity contribution is 5.78. The van der Waals surface area contributed by atoms with E-state index in [4.69, 9.17) is 5.11 Å². The van der Waals surface area contributed by atoms with E-state index in [9.17, 15) is 9.18 Å². The number of aliphatic carboxylic acids is 1. The maximum absolute atomic E-state index is 13.9. The summed E-state index contributed by atoms with van der Waals surface area (Å²) in [7, 11) is 0. The summed E-state index contributed by atoms with van der Waals surface area (Å²) in [6, 6.07) is 13.1. The van der Waals surface area contributed by atoms with Crippen LogP contribution in [-0.2, 0) is 24.1 Å². The molecule has 1 aliphatic carbocycles. The van der Waals surface area contributed by atoms with Crippen molar-refractivity contribution in [2.75, 3.05) is 0 Å². The highest BCUT2D eigenvalue weighted by atomic mass is 19.1. The third kappa shape index (κ3) is 4.01. The third-order valence-corrected chi connectivity index (χ3v) is 6.75. The number of carboxylic acid groups (broad SMARTS) is 1. The molecule has 2 aromatic heterocycles. The Morgan fingerprint density at radius 3 is 2.85 bits per heavy atom. The average Bonchev–Trinajstić information content (AvgIpc) is 3.32. The first-order valence-corrected chi connectivity index (χ1v) is 11.3. The van der Waals surface area contributed by atoms with E-state index in [0.29, 0.717) is 0 Å². The van der Waals surface area contributed by atoms with E-state index in [-0.39, 0.29) is 18.2 Å². The second-order valence-electron chi connectivity index (χ2n) is 8.91. The van der Waals surface area contributed by atoms with Crippen molar-refractivity contribution in [1.29, 1.82) is 0 Å². The van der Waals surface area contributed by atoms with Gasteiger partial charge in [-0.25, -0.2) is 9.37 Å². The Hall–Kier alpha value is -3.54. The van der Waals surface area contributed by atoms with Crippen LogP contribution in [0.25, 0.3) is 16.7 Å². The van der Waals surface area contributed by atoms with Gasteiger partial charge in [0.05, 0.1) is 23.1 Å². The molecule has 0 radical (unpaired) electrons. The highest BCUT2D eigenvalue weighted by Crippen LogP contribution is 2.34.